The maximum absolute atomic E-state index is 10.3. The Labute approximate surface area is 142 Å². The minimum atomic E-state index is -0.675. The zero-order valence-corrected chi connectivity index (χ0v) is 15.7. The first-order valence-corrected chi connectivity index (χ1v) is 9.53. The molecule has 0 aromatic heterocycles. The van der Waals surface area contributed by atoms with Crippen LogP contribution in [0.15, 0.2) is 4.99 Å². The maximum Gasteiger partial charge on any atom is 0.191 e. The summed E-state index contributed by atoms with van der Waals surface area (Å²) in [6, 6.07) is 0.731. The molecule has 0 aliphatic carbocycles. The molecule has 0 bridgehead atoms. The normalized spacial score (nSPS) is 20.6. The second-order valence-electron chi connectivity index (χ2n) is 6.79. The number of aliphatic imine (C=N–C) groups is 1. The Bertz CT molecular complexity index is 342. The van der Waals surface area contributed by atoms with Crippen molar-refractivity contribution >= 4 is 5.96 Å². The van der Waals surface area contributed by atoms with Crippen LogP contribution in [0.3, 0.4) is 0 Å². The summed E-state index contributed by atoms with van der Waals surface area (Å²) in [6.45, 7) is 13.1. The van der Waals surface area contributed by atoms with E-state index in [9.17, 15) is 5.11 Å². The summed E-state index contributed by atoms with van der Waals surface area (Å²) in [7, 11) is 0. The van der Waals surface area contributed by atoms with Gasteiger partial charge >= 0.3 is 0 Å². The summed E-state index contributed by atoms with van der Waals surface area (Å²) < 4.78 is 0. The van der Waals surface area contributed by atoms with Crippen LogP contribution in [0.4, 0.5) is 0 Å². The number of piperidine rings is 1. The van der Waals surface area contributed by atoms with E-state index in [1.165, 1.54) is 25.8 Å². The lowest BCUT2D eigenvalue weighted by molar-refractivity contribution is 0.0418. The number of aliphatic hydroxyl groups is 1. The number of hydrogen-bond acceptors (Lipinski definition) is 3. The highest BCUT2D eigenvalue weighted by atomic mass is 16.3. The Morgan fingerprint density at radius 2 is 1.96 bits per heavy atom. The Hall–Kier alpha value is -0.810. The number of hydrogen-bond donors (Lipinski definition) is 3. The van der Waals surface area contributed by atoms with Gasteiger partial charge in [0.15, 0.2) is 5.96 Å². The molecular weight excluding hydrogens is 288 g/mol. The molecular formula is C18H38N4O. The van der Waals surface area contributed by atoms with Crippen molar-refractivity contribution in [3.63, 3.8) is 0 Å². The molecule has 0 spiro atoms. The SMILES string of the molecule is CCNC(=NCC(O)(CC)CC)NCCCN1CCCCC1C. The van der Waals surface area contributed by atoms with E-state index in [4.69, 9.17) is 0 Å². The van der Waals surface area contributed by atoms with E-state index in [-0.39, 0.29) is 0 Å². The van der Waals surface area contributed by atoms with Gasteiger partial charge in [0.1, 0.15) is 0 Å². The van der Waals surface area contributed by atoms with Crippen molar-refractivity contribution in [1.82, 2.24) is 15.5 Å². The summed E-state index contributed by atoms with van der Waals surface area (Å²) in [5, 5.41) is 17.0. The van der Waals surface area contributed by atoms with Crippen molar-refractivity contribution in [2.24, 2.45) is 4.99 Å². The minimum absolute atomic E-state index is 0.457. The molecule has 1 atom stereocenters. The molecule has 5 heteroatoms. The van der Waals surface area contributed by atoms with Crippen LogP contribution >= 0.6 is 0 Å². The lowest BCUT2D eigenvalue weighted by Crippen LogP contribution is -2.42. The molecule has 5 nitrogen and oxygen atoms in total. The first kappa shape index (κ1) is 20.2. The first-order chi connectivity index (χ1) is 11.0. The lowest BCUT2D eigenvalue weighted by atomic mass is 9.98. The average molecular weight is 327 g/mol. The quantitative estimate of drug-likeness (QED) is 0.346. The highest BCUT2D eigenvalue weighted by Crippen LogP contribution is 2.16. The molecule has 1 rings (SSSR count). The van der Waals surface area contributed by atoms with E-state index in [0.29, 0.717) is 6.54 Å². The molecule has 1 heterocycles. The Balaban J connectivity index is 2.34. The van der Waals surface area contributed by atoms with E-state index in [0.717, 1.165) is 50.9 Å². The summed E-state index contributed by atoms with van der Waals surface area (Å²) in [5.41, 5.74) is -0.675. The lowest BCUT2D eigenvalue weighted by Gasteiger charge is -2.33. The predicted octanol–water partition coefficient (Wildman–Crippen LogP) is 2.36. The van der Waals surface area contributed by atoms with Gasteiger partial charge in [-0.25, -0.2) is 0 Å². The van der Waals surface area contributed by atoms with Crippen LogP contribution in [-0.2, 0) is 0 Å². The monoisotopic (exact) mass is 326 g/mol. The molecule has 0 aromatic rings. The maximum atomic E-state index is 10.3. The second-order valence-corrected chi connectivity index (χ2v) is 6.79. The van der Waals surface area contributed by atoms with E-state index < -0.39 is 5.60 Å². The van der Waals surface area contributed by atoms with Crippen LogP contribution in [0.1, 0.15) is 66.2 Å². The molecule has 1 aliphatic heterocycles. The first-order valence-electron chi connectivity index (χ1n) is 9.53. The summed E-state index contributed by atoms with van der Waals surface area (Å²) in [4.78, 5) is 7.16. The highest BCUT2D eigenvalue weighted by Gasteiger charge is 2.21. The van der Waals surface area contributed by atoms with E-state index in [1.807, 2.05) is 13.8 Å². The third-order valence-electron chi connectivity index (χ3n) is 5.05. The Kier molecular flexibility index (Phi) is 9.56. The molecule has 1 unspecified atom stereocenters. The van der Waals surface area contributed by atoms with Gasteiger partial charge in [0, 0.05) is 25.7 Å². The fraction of sp³-hybridized carbons (Fsp3) is 0.944. The van der Waals surface area contributed by atoms with Gasteiger partial charge in [-0.1, -0.05) is 20.3 Å². The van der Waals surface area contributed by atoms with E-state index >= 15 is 0 Å². The molecule has 3 N–H and O–H groups in total. The fourth-order valence-electron chi connectivity index (χ4n) is 3.02. The standard InChI is InChI=1S/C18H38N4O/c1-5-18(23,6-2)15-21-17(19-7-3)20-12-10-14-22-13-9-8-11-16(22)4/h16,23H,5-15H2,1-4H3,(H2,19,20,21). The fourth-order valence-corrected chi connectivity index (χ4v) is 3.02. The van der Waals surface area contributed by atoms with Crippen molar-refractivity contribution in [2.75, 3.05) is 32.7 Å². The number of rotatable bonds is 9. The Morgan fingerprint density at radius 1 is 1.22 bits per heavy atom. The molecule has 0 amide bonds. The van der Waals surface area contributed by atoms with Gasteiger partial charge in [0.2, 0.25) is 0 Å². The van der Waals surface area contributed by atoms with Crippen LogP contribution < -0.4 is 10.6 Å². The molecule has 1 fully saturated rings. The average Bonchev–Trinajstić information content (AvgIpc) is 2.57. The molecule has 1 saturated heterocycles. The van der Waals surface area contributed by atoms with Gasteiger partial charge in [0.05, 0.1) is 12.1 Å². The van der Waals surface area contributed by atoms with Gasteiger partial charge < -0.3 is 20.6 Å². The number of nitrogens with one attached hydrogen (secondary N) is 2. The van der Waals surface area contributed by atoms with Crippen molar-refractivity contribution in [2.45, 2.75) is 77.9 Å². The molecule has 1 aliphatic rings. The van der Waals surface area contributed by atoms with Crippen LogP contribution in [-0.4, -0.2) is 60.3 Å². The molecule has 136 valence electrons. The van der Waals surface area contributed by atoms with Crippen molar-refractivity contribution in [1.29, 1.82) is 0 Å². The summed E-state index contributed by atoms with van der Waals surface area (Å²) in [6.07, 6.45) is 6.66. The topological polar surface area (TPSA) is 59.9 Å². The minimum Gasteiger partial charge on any atom is -0.388 e. The zero-order valence-electron chi connectivity index (χ0n) is 15.7. The van der Waals surface area contributed by atoms with Gasteiger partial charge in [-0.2, -0.15) is 0 Å². The van der Waals surface area contributed by atoms with Gasteiger partial charge in [0.25, 0.3) is 0 Å². The third kappa shape index (κ3) is 7.53. The molecule has 0 aromatic carbocycles. The molecule has 0 radical (unpaired) electrons. The van der Waals surface area contributed by atoms with Crippen LogP contribution in [0.5, 0.6) is 0 Å². The number of guanidine groups is 1. The molecule has 23 heavy (non-hydrogen) atoms. The summed E-state index contributed by atoms with van der Waals surface area (Å²) >= 11 is 0. The number of likely N-dealkylation sites (tertiary alicyclic amines) is 1. The predicted molar refractivity (Wildman–Crippen MR) is 99.0 cm³/mol. The van der Waals surface area contributed by atoms with Crippen LogP contribution in [0.2, 0.25) is 0 Å². The van der Waals surface area contributed by atoms with Crippen LogP contribution in [0.25, 0.3) is 0 Å². The van der Waals surface area contributed by atoms with Crippen molar-refractivity contribution in [3.8, 4) is 0 Å². The highest BCUT2D eigenvalue weighted by molar-refractivity contribution is 5.79. The largest absolute Gasteiger partial charge is 0.388 e. The smallest absolute Gasteiger partial charge is 0.191 e. The van der Waals surface area contributed by atoms with Gasteiger partial charge in [-0.15, -0.1) is 0 Å². The van der Waals surface area contributed by atoms with E-state index in [2.05, 4.69) is 34.4 Å². The third-order valence-corrected chi connectivity index (χ3v) is 5.05. The summed E-state index contributed by atoms with van der Waals surface area (Å²) in [5.74, 6) is 0.819. The Morgan fingerprint density at radius 3 is 2.57 bits per heavy atom. The van der Waals surface area contributed by atoms with Crippen LogP contribution in [0, 0.1) is 0 Å². The zero-order chi connectivity index (χ0) is 17.1. The van der Waals surface area contributed by atoms with Crippen molar-refractivity contribution < 1.29 is 5.11 Å². The molecule has 0 saturated carbocycles. The van der Waals surface area contributed by atoms with Gasteiger partial charge in [-0.05, 0) is 52.5 Å². The van der Waals surface area contributed by atoms with E-state index in [1.54, 1.807) is 0 Å². The second kappa shape index (κ2) is 10.9. The number of nitrogens with zero attached hydrogens (tertiary/aromatic N) is 2. The van der Waals surface area contributed by atoms with Crippen molar-refractivity contribution in [3.05, 3.63) is 0 Å². The van der Waals surface area contributed by atoms with Gasteiger partial charge in [-0.3, -0.25) is 4.99 Å².